The van der Waals surface area contributed by atoms with Crippen molar-refractivity contribution in [2.75, 3.05) is 18.5 Å². The van der Waals surface area contributed by atoms with Crippen LogP contribution in [0.25, 0.3) is 0 Å². The summed E-state index contributed by atoms with van der Waals surface area (Å²) in [5, 5.41) is 8.26. The van der Waals surface area contributed by atoms with E-state index in [0.717, 1.165) is 25.7 Å². The average molecular weight is 319 g/mol. The van der Waals surface area contributed by atoms with Crippen molar-refractivity contribution in [2.24, 2.45) is 0 Å². The maximum absolute atomic E-state index is 12.0. The van der Waals surface area contributed by atoms with Gasteiger partial charge in [-0.05, 0) is 31.9 Å². The number of carbonyl (C=O) groups excluding carboxylic acids is 2. The molecule has 126 valence electrons. The second-order valence-corrected chi connectivity index (χ2v) is 5.64. The quantitative estimate of drug-likeness (QED) is 0.754. The van der Waals surface area contributed by atoms with E-state index in [4.69, 9.17) is 4.74 Å². The topological polar surface area (TPSA) is 79.5 Å². The van der Waals surface area contributed by atoms with Gasteiger partial charge >= 0.3 is 6.03 Å². The lowest BCUT2D eigenvalue weighted by molar-refractivity contribution is -0.115. The highest BCUT2D eigenvalue weighted by molar-refractivity contribution is 5.95. The van der Waals surface area contributed by atoms with Crippen molar-refractivity contribution in [2.45, 2.75) is 45.1 Å². The molecule has 0 heterocycles. The van der Waals surface area contributed by atoms with E-state index in [1.807, 2.05) is 19.1 Å². The molecule has 1 aromatic rings. The Bertz CT molecular complexity index is 528. The van der Waals surface area contributed by atoms with Crippen LogP contribution in [0.1, 0.15) is 39.0 Å². The molecule has 0 saturated heterocycles. The summed E-state index contributed by atoms with van der Waals surface area (Å²) in [7, 11) is 0. The summed E-state index contributed by atoms with van der Waals surface area (Å²) < 4.78 is 5.45. The third kappa shape index (κ3) is 5.81. The van der Waals surface area contributed by atoms with Gasteiger partial charge in [0, 0.05) is 6.04 Å². The molecule has 23 heavy (non-hydrogen) atoms. The van der Waals surface area contributed by atoms with E-state index >= 15 is 0 Å². The van der Waals surface area contributed by atoms with Crippen LogP contribution in [0.4, 0.5) is 10.5 Å². The number of carbonyl (C=O) groups is 2. The van der Waals surface area contributed by atoms with E-state index in [1.54, 1.807) is 12.1 Å². The molecule has 0 unspecified atom stereocenters. The highest BCUT2D eigenvalue weighted by Crippen LogP contribution is 2.23. The number of para-hydroxylation sites is 2. The van der Waals surface area contributed by atoms with Crippen molar-refractivity contribution in [1.82, 2.24) is 10.6 Å². The zero-order valence-corrected chi connectivity index (χ0v) is 13.6. The number of urea groups is 1. The first-order valence-electron chi connectivity index (χ1n) is 8.25. The van der Waals surface area contributed by atoms with E-state index in [0.29, 0.717) is 18.0 Å². The smallest absolute Gasteiger partial charge is 0.315 e. The Kier molecular flexibility index (Phi) is 6.72. The molecule has 6 heteroatoms. The van der Waals surface area contributed by atoms with Gasteiger partial charge in [-0.15, -0.1) is 0 Å². The van der Waals surface area contributed by atoms with E-state index in [-0.39, 0.29) is 24.5 Å². The molecule has 6 nitrogen and oxygen atoms in total. The van der Waals surface area contributed by atoms with Gasteiger partial charge in [0.1, 0.15) is 5.75 Å². The summed E-state index contributed by atoms with van der Waals surface area (Å²) >= 11 is 0. The molecule has 2 rings (SSSR count). The molecule has 1 aliphatic carbocycles. The lowest BCUT2D eigenvalue weighted by Crippen LogP contribution is -2.45. The minimum atomic E-state index is -0.287. The molecule has 0 spiro atoms. The summed E-state index contributed by atoms with van der Waals surface area (Å²) in [6.07, 6.45) is 5.57. The van der Waals surface area contributed by atoms with Crippen LogP contribution in [0.3, 0.4) is 0 Å². The second-order valence-electron chi connectivity index (χ2n) is 5.64. The summed E-state index contributed by atoms with van der Waals surface area (Å²) in [6.45, 7) is 2.34. The molecule has 0 aromatic heterocycles. The number of anilines is 1. The van der Waals surface area contributed by atoms with Crippen LogP contribution in [-0.4, -0.2) is 31.1 Å². The van der Waals surface area contributed by atoms with E-state index < -0.39 is 0 Å². The van der Waals surface area contributed by atoms with Gasteiger partial charge in [-0.1, -0.05) is 31.4 Å². The first kappa shape index (κ1) is 17.1. The minimum absolute atomic E-state index is 0.0704. The molecule has 0 radical (unpaired) electrons. The third-order valence-electron chi connectivity index (χ3n) is 3.81. The number of nitrogens with one attached hydrogen (secondary N) is 3. The maximum Gasteiger partial charge on any atom is 0.315 e. The number of amides is 3. The monoisotopic (exact) mass is 319 g/mol. The zero-order valence-electron chi connectivity index (χ0n) is 13.6. The largest absolute Gasteiger partial charge is 0.492 e. The van der Waals surface area contributed by atoms with E-state index in [1.165, 1.54) is 6.42 Å². The van der Waals surface area contributed by atoms with Gasteiger partial charge in [0.25, 0.3) is 0 Å². The molecule has 3 N–H and O–H groups in total. The van der Waals surface area contributed by atoms with Gasteiger partial charge in [0.15, 0.2) is 0 Å². The van der Waals surface area contributed by atoms with Crippen molar-refractivity contribution >= 4 is 17.6 Å². The van der Waals surface area contributed by atoms with Crippen LogP contribution in [0.15, 0.2) is 24.3 Å². The predicted octanol–water partition coefficient (Wildman–Crippen LogP) is 2.66. The van der Waals surface area contributed by atoms with Gasteiger partial charge in [-0.3, -0.25) is 4.79 Å². The SMILES string of the molecule is CCOc1ccccc1NC(=O)CNC(=O)NC1CCCCC1. The van der Waals surface area contributed by atoms with Crippen LogP contribution in [-0.2, 0) is 4.79 Å². The predicted molar refractivity (Wildman–Crippen MR) is 89.6 cm³/mol. The van der Waals surface area contributed by atoms with E-state index in [2.05, 4.69) is 16.0 Å². The molecule has 1 fully saturated rings. The first-order chi connectivity index (χ1) is 11.2. The lowest BCUT2D eigenvalue weighted by Gasteiger charge is -2.22. The fourth-order valence-corrected chi connectivity index (χ4v) is 2.69. The number of hydrogen-bond acceptors (Lipinski definition) is 3. The number of benzene rings is 1. The Balaban J connectivity index is 1.75. The van der Waals surface area contributed by atoms with Gasteiger partial charge < -0.3 is 20.7 Å². The lowest BCUT2D eigenvalue weighted by atomic mass is 9.96. The fourth-order valence-electron chi connectivity index (χ4n) is 2.69. The summed E-state index contributed by atoms with van der Waals surface area (Å²) in [5.74, 6) is 0.339. The van der Waals surface area contributed by atoms with Crippen LogP contribution in [0.5, 0.6) is 5.75 Å². The molecule has 0 aliphatic heterocycles. The Hall–Kier alpha value is -2.24. The highest BCUT2D eigenvalue weighted by Gasteiger charge is 2.16. The molecular formula is C17H25N3O3. The highest BCUT2D eigenvalue weighted by atomic mass is 16.5. The molecule has 1 aliphatic rings. The summed E-state index contributed by atoms with van der Waals surface area (Å²) in [6, 6.07) is 7.17. The molecule has 1 aromatic carbocycles. The fraction of sp³-hybridized carbons (Fsp3) is 0.529. The van der Waals surface area contributed by atoms with Crippen LogP contribution in [0.2, 0.25) is 0 Å². The molecule has 0 bridgehead atoms. The van der Waals surface area contributed by atoms with Gasteiger partial charge in [0.05, 0.1) is 18.8 Å². The Labute approximate surface area is 137 Å². The minimum Gasteiger partial charge on any atom is -0.492 e. The number of rotatable bonds is 6. The number of ether oxygens (including phenoxy) is 1. The summed E-state index contributed by atoms with van der Waals surface area (Å²) in [4.78, 5) is 23.8. The zero-order chi connectivity index (χ0) is 16.5. The molecular weight excluding hydrogens is 294 g/mol. The van der Waals surface area contributed by atoms with Gasteiger partial charge in [0.2, 0.25) is 5.91 Å². The van der Waals surface area contributed by atoms with Crippen molar-refractivity contribution in [3.05, 3.63) is 24.3 Å². The summed E-state index contributed by atoms with van der Waals surface area (Å²) in [5.41, 5.74) is 0.605. The van der Waals surface area contributed by atoms with Crippen LogP contribution >= 0.6 is 0 Å². The second kappa shape index (κ2) is 9.02. The van der Waals surface area contributed by atoms with Crippen molar-refractivity contribution in [3.8, 4) is 5.75 Å². The standard InChI is InChI=1S/C17H25N3O3/c1-2-23-15-11-7-6-10-14(15)20-16(21)12-18-17(22)19-13-8-4-3-5-9-13/h6-7,10-11,13H,2-5,8-9,12H2,1H3,(H,20,21)(H2,18,19,22). The number of hydrogen-bond donors (Lipinski definition) is 3. The van der Waals surface area contributed by atoms with Crippen molar-refractivity contribution in [1.29, 1.82) is 0 Å². The third-order valence-corrected chi connectivity index (χ3v) is 3.81. The van der Waals surface area contributed by atoms with Crippen molar-refractivity contribution in [3.63, 3.8) is 0 Å². The van der Waals surface area contributed by atoms with Crippen molar-refractivity contribution < 1.29 is 14.3 Å². The normalized spacial score (nSPS) is 14.8. The first-order valence-corrected chi connectivity index (χ1v) is 8.25. The van der Waals surface area contributed by atoms with Crippen LogP contribution in [0, 0.1) is 0 Å². The van der Waals surface area contributed by atoms with Gasteiger partial charge in [-0.25, -0.2) is 4.79 Å². The average Bonchev–Trinajstić information content (AvgIpc) is 2.56. The Morgan fingerprint density at radius 2 is 1.91 bits per heavy atom. The maximum atomic E-state index is 12.0. The van der Waals surface area contributed by atoms with Gasteiger partial charge in [-0.2, -0.15) is 0 Å². The Morgan fingerprint density at radius 3 is 2.65 bits per heavy atom. The van der Waals surface area contributed by atoms with E-state index in [9.17, 15) is 9.59 Å². The molecule has 1 saturated carbocycles. The molecule has 3 amide bonds. The molecule has 0 atom stereocenters. The van der Waals surface area contributed by atoms with Crippen LogP contribution < -0.4 is 20.7 Å². The Morgan fingerprint density at radius 1 is 1.17 bits per heavy atom.